The van der Waals surface area contributed by atoms with Crippen molar-refractivity contribution in [2.24, 2.45) is 5.10 Å². The smallest absolute Gasteiger partial charge is 0.343 e. The summed E-state index contributed by atoms with van der Waals surface area (Å²) < 4.78 is 11.0. The molecule has 168 valence electrons. The number of hydrogen-bond acceptors (Lipinski definition) is 6. The Morgan fingerprint density at radius 3 is 2.36 bits per heavy atom. The highest BCUT2D eigenvalue weighted by Gasteiger charge is 2.14. The van der Waals surface area contributed by atoms with E-state index in [-0.39, 0.29) is 5.75 Å². The molecule has 0 aromatic heterocycles. The predicted molar refractivity (Wildman–Crippen MR) is 125 cm³/mol. The summed E-state index contributed by atoms with van der Waals surface area (Å²) in [5, 5.41) is 6.73. The van der Waals surface area contributed by atoms with E-state index in [0.29, 0.717) is 34.2 Å². The van der Waals surface area contributed by atoms with Crippen LogP contribution in [-0.2, 0) is 9.59 Å². The number of esters is 1. The number of amides is 2. The van der Waals surface area contributed by atoms with Gasteiger partial charge in [0, 0.05) is 10.7 Å². The van der Waals surface area contributed by atoms with E-state index in [1.165, 1.54) is 6.21 Å². The van der Waals surface area contributed by atoms with Gasteiger partial charge in [0.1, 0.15) is 0 Å². The molecule has 0 unspecified atom stereocenters. The van der Waals surface area contributed by atoms with E-state index >= 15 is 0 Å². The summed E-state index contributed by atoms with van der Waals surface area (Å²) in [6.07, 6.45) is 1.33. The molecule has 33 heavy (non-hydrogen) atoms. The molecule has 3 aromatic carbocycles. The molecule has 0 atom stereocenters. The molecule has 2 amide bonds. The van der Waals surface area contributed by atoms with Crippen molar-refractivity contribution in [3.63, 3.8) is 0 Å². The lowest BCUT2D eigenvalue weighted by Gasteiger charge is -2.11. The highest BCUT2D eigenvalue weighted by atomic mass is 35.5. The summed E-state index contributed by atoms with van der Waals surface area (Å²) in [4.78, 5) is 36.2. The Morgan fingerprint density at radius 1 is 0.939 bits per heavy atom. The Labute approximate surface area is 195 Å². The average molecular weight is 466 g/mol. The maximum Gasteiger partial charge on any atom is 0.343 e. The fourth-order valence-electron chi connectivity index (χ4n) is 2.63. The van der Waals surface area contributed by atoms with Crippen molar-refractivity contribution in [1.29, 1.82) is 0 Å². The van der Waals surface area contributed by atoms with Gasteiger partial charge in [0.2, 0.25) is 0 Å². The standard InChI is InChI=1S/C24H20ClN3O5/c1-2-32-21-14-16(8-13-20(21)33-24(31)17-6-4-3-5-7-17)15-26-28-23(30)22(29)27-19-11-9-18(25)10-12-19/h3-15H,2H2,1H3,(H,27,29)(H,28,30). The molecule has 0 saturated carbocycles. The first-order valence-corrected chi connectivity index (χ1v) is 10.3. The fraction of sp³-hybridized carbons (Fsp3) is 0.0833. The monoisotopic (exact) mass is 465 g/mol. The Kier molecular flexibility index (Phi) is 8.15. The molecule has 0 spiro atoms. The topological polar surface area (TPSA) is 106 Å². The lowest BCUT2D eigenvalue weighted by atomic mass is 10.2. The van der Waals surface area contributed by atoms with Crippen LogP contribution in [0.4, 0.5) is 5.69 Å². The van der Waals surface area contributed by atoms with Gasteiger partial charge in [-0.05, 0) is 67.1 Å². The Bertz CT molecular complexity index is 1160. The van der Waals surface area contributed by atoms with E-state index in [1.54, 1.807) is 79.7 Å². The van der Waals surface area contributed by atoms with Gasteiger partial charge in [-0.3, -0.25) is 9.59 Å². The Balaban J connectivity index is 1.62. The van der Waals surface area contributed by atoms with E-state index < -0.39 is 17.8 Å². The molecule has 9 heteroatoms. The van der Waals surface area contributed by atoms with Crippen LogP contribution in [0.2, 0.25) is 5.02 Å². The summed E-state index contributed by atoms with van der Waals surface area (Å²) in [5.41, 5.74) is 3.53. The van der Waals surface area contributed by atoms with Gasteiger partial charge in [0.15, 0.2) is 11.5 Å². The maximum atomic E-state index is 12.3. The van der Waals surface area contributed by atoms with Crippen LogP contribution in [0.25, 0.3) is 0 Å². The second kappa shape index (κ2) is 11.4. The second-order valence-electron chi connectivity index (χ2n) is 6.55. The van der Waals surface area contributed by atoms with Crippen molar-refractivity contribution in [1.82, 2.24) is 5.43 Å². The summed E-state index contributed by atoms with van der Waals surface area (Å²) in [7, 11) is 0. The van der Waals surface area contributed by atoms with Crippen LogP contribution in [0.5, 0.6) is 11.5 Å². The van der Waals surface area contributed by atoms with E-state index in [9.17, 15) is 14.4 Å². The number of anilines is 1. The van der Waals surface area contributed by atoms with Gasteiger partial charge in [-0.15, -0.1) is 0 Å². The summed E-state index contributed by atoms with van der Waals surface area (Å²) >= 11 is 5.79. The number of hydrogen-bond donors (Lipinski definition) is 2. The highest BCUT2D eigenvalue weighted by molar-refractivity contribution is 6.39. The van der Waals surface area contributed by atoms with E-state index in [4.69, 9.17) is 21.1 Å². The van der Waals surface area contributed by atoms with Gasteiger partial charge in [0.05, 0.1) is 18.4 Å². The number of halogens is 1. The largest absolute Gasteiger partial charge is 0.490 e. The molecular formula is C24H20ClN3O5. The number of carbonyl (C=O) groups is 3. The minimum absolute atomic E-state index is 0.245. The second-order valence-corrected chi connectivity index (χ2v) is 6.99. The van der Waals surface area contributed by atoms with Crippen molar-refractivity contribution < 1.29 is 23.9 Å². The predicted octanol–water partition coefficient (Wildman–Crippen LogP) is 4.05. The van der Waals surface area contributed by atoms with Crippen LogP contribution >= 0.6 is 11.6 Å². The zero-order chi connectivity index (χ0) is 23.6. The van der Waals surface area contributed by atoms with Crippen molar-refractivity contribution in [2.75, 3.05) is 11.9 Å². The molecular weight excluding hydrogens is 446 g/mol. The summed E-state index contributed by atoms with van der Waals surface area (Å²) in [6.45, 7) is 2.14. The van der Waals surface area contributed by atoms with E-state index in [0.717, 1.165) is 0 Å². The Hall–Kier alpha value is -4.17. The van der Waals surface area contributed by atoms with Gasteiger partial charge in [-0.25, -0.2) is 10.2 Å². The molecule has 0 aliphatic heterocycles. The van der Waals surface area contributed by atoms with Crippen molar-refractivity contribution in [2.45, 2.75) is 6.92 Å². The molecule has 3 rings (SSSR count). The Morgan fingerprint density at radius 2 is 1.67 bits per heavy atom. The molecule has 0 saturated heterocycles. The van der Waals surface area contributed by atoms with E-state index in [2.05, 4.69) is 15.8 Å². The third kappa shape index (κ3) is 6.91. The third-order valence-corrected chi connectivity index (χ3v) is 4.42. The molecule has 3 aromatic rings. The summed E-state index contributed by atoms with van der Waals surface area (Å²) in [5.74, 6) is -1.77. The molecule has 0 aliphatic rings. The van der Waals surface area contributed by atoms with Crippen LogP contribution in [0.15, 0.2) is 77.9 Å². The normalized spacial score (nSPS) is 10.5. The first kappa shape index (κ1) is 23.5. The number of nitrogens with zero attached hydrogens (tertiary/aromatic N) is 1. The number of carbonyl (C=O) groups excluding carboxylic acids is 3. The molecule has 8 nitrogen and oxygen atoms in total. The number of ether oxygens (including phenoxy) is 2. The van der Waals surface area contributed by atoms with Gasteiger partial charge >= 0.3 is 17.8 Å². The quantitative estimate of drug-likeness (QED) is 0.180. The first-order chi connectivity index (χ1) is 16.0. The fourth-order valence-corrected chi connectivity index (χ4v) is 2.75. The SMILES string of the molecule is CCOc1cc(C=NNC(=O)C(=O)Nc2ccc(Cl)cc2)ccc1OC(=O)c1ccccc1. The van der Waals surface area contributed by atoms with Crippen LogP contribution in [0, 0.1) is 0 Å². The van der Waals surface area contributed by atoms with Crippen molar-refractivity contribution in [3.8, 4) is 11.5 Å². The maximum absolute atomic E-state index is 12.3. The molecule has 0 heterocycles. The minimum Gasteiger partial charge on any atom is -0.490 e. The van der Waals surface area contributed by atoms with Gasteiger partial charge in [0.25, 0.3) is 0 Å². The molecule has 0 radical (unpaired) electrons. The highest BCUT2D eigenvalue weighted by Crippen LogP contribution is 2.29. The lowest BCUT2D eigenvalue weighted by molar-refractivity contribution is -0.136. The zero-order valence-corrected chi connectivity index (χ0v) is 18.3. The van der Waals surface area contributed by atoms with Crippen LogP contribution in [0.3, 0.4) is 0 Å². The van der Waals surface area contributed by atoms with Crippen LogP contribution < -0.4 is 20.2 Å². The number of nitrogens with one attached hydrogen (secondary N) is 2. The number of benzene rings is 3. The van der Waals surface area contributed by atoms with Crippen LogP contribution in [0.1, 0.15) is 22.8 Å². The number of hydrazone groups is 1. The van der Waals surface area contributed by atoms with Gasteiger partial charge in [-0.1, -0.05) is 29.8 Å². The van der Waals surface area contributed by atoms with Crippen molar-refractivity contribution >= 4 is 41.3 Å². The molecule has 0 fully saturated rings. The van der Waals surface area contributed by atoms with Gasteiger partial charge < -0.3 is 14.8 Å². The number of rotatable bonds is 7. The first-order valence-electron chi connectivity index (χ1n) is 9.90. The lowest BCUT2D eigenvalue weighted by Crippen LogP contribution is -2.32. The molecule has 0 aliphatic carbocycles. The molecule has 2 N–H and O–H groups in total. The summed E-state index contributed by atoms with van der Waals surface area (Å²) in [6, 6.07) is 19.7. The van der Waals surface area contributed by atoms with Gasteiger partial charge in [-0.2, -0.15) is 5.10 Å². The van der Waals surface area contributed by atoms with Crippen molar-refractivity contribution in [3.05, 3.63) is 88.9 Å². The van der Waals surface area contributed by atoms with Crippen LogP contribution in [-0.4, -0.2) is 30.6 Å². The zero-order valence-electron chi connectivity index (χ0n) is 17.6. The minimum atomic E-state index is -0.945. The average Bonchev–Trinajstić information content (AvgIpc) is 2.82. The molecule has 0 bridgehead atoms. The van der Waals surface area contributed by atoms with E-state index in [1.807, 2.05) is 0 Å². The third-order valence-electron chi connectivity index (χ3n) is 4.17.